The average molecular weight is 396 g/mol. The van der Waals surface area contributed by atoms with E-state index in [4.69, 9.17) is 0 Å². The van der Waals surface area contributed by atoms with Crippen molar-refractivity contribution in [2.75, 3.05) is 5.32 Å². The first-order chi connectivity index (χ1) is 13.9. The van der Waals surface area contributed by atoms with Crippen LogP contribution in [0.5, 0.6) is 0 Å². The van der Waals surface area contributed by atoms with Gasteiger partial charge in [0.25, 0.3) is 5.56 Å². The first kappa shape index (κ1) is 18.4. The maximum absolute atomic E-state index is 14.0. The van der Waals surface area contributed by atoms with Gasteiger partial charge in [-0.05, 0) is 36.8 Å². The van der Waals surface area contributed by atoms with Gasteiger partial charge >= 0.3 is 0 Å². The van der Waals surface area contributed by atoms with Crippen molar-refractivity contribution >= 4 is 22.8 Å². The first-order valence-corrected chi connectivity index (χ1v) is 8.55. The summed E-state index contributed by atoms with van der Waals surface area (Å²) in [6.07, 6.45) is 1.15. The maximum atomic E-state index is 14.0. The van der Waals surface area contributed by atoms with Crippen LogP contribution in [0.4, 0.5) is 14.5 Å². The SMILES string of the molecule is Cc1cccc(NC(=O)Cn2cnc3c(nnn3-c3ccc(F)cc3F)c2=O)c1. The summed E-state index contributed by atoms with van der Waals surface area (Å²) in [5.74, 6) is -2.04. The molecule has 8 nitrogen and oxygen atoms in total. The number of benzene rings is 2. The molecule has 1 amide bonds. The summed E-state index contributed by atoms with van der Waals surface area (Å²) < 4.78 is 29.2. The molecular formula is C19H14F2N6O2. The van der Waals surface area contributed by atoms with Crippen LogP contribution in [0.1, 0.15) is 5.56 Å². The van der Waals surface area contributed by atoms with Crippen molar-refractivity contribution in [1.82, 2.24) is 24.5 Å². The first-order valence-electron chi connectivity index (χ1n) is 8.55. The van der Waals surface area contributed by atoms with Gasteiger partial charge in [-0.15, -0.1) is 5.10 Å². The number of nitrogens with one attached hydrogen (secondary N) is 1. The molecule has 0 unspecified atom stereocenters. The molecule has 2 heterocycles. The fourth-order valence-corrected chi connectivity index (χ4v) is 2.85. The van der Waals surface area contributed by atoms with Gasteiger partial charge in [0, 0.05) is 11.8 Å². The highest BCUT2D eigenvalue weighted by atomic mass is 19.1. The zero-order valence-electron chi connectivity index (χ0n) is 15.1. The van der Waals surface area contributed by atoms with Crippen LogP contribution in [0.2, 0.25) is 0 Å². The quantitative estimate of drug-likeness (QED) is 0.571. The van der Waals surface area contributed by atoms with Gasteiger partial charge in [0.1, 0.15) is 24.4 Å². The van der Waals surface area contributed by atoms with E-state index < -0.39 is 23.1 Å². The van der Waals surface area contributed by atoms with Gasteiger partial charge in [0.05, 0.1) is 0 Å². The normalized spacial score (nSPS) is 11.0. The van der Waals surface area contributed by atoms with E-state index in [1.165, 1.54) is 6.07 Å². The Morgan fingerprint density at radius 3 is 2.76 bits per heavy atom. The highest BCUT2D eigenvalue weighted by molar-refractivity contribution is 5.90. The summed E-state index contributed by atoms with van der Waals surface area (Å²) in [6.45, 7) is 1.61. The molecule has 0 aliphatic heterocycles. The van der Waals surface area contributed by atoms with Crippen molar-refractivity contribution in [3.63, 3.8) is 0 Å². The fraction of sp³-hybridized carbons (Fsp3) is 0.105. The zero-order chi connectivity index (χ0) is 20.5. The van der Waals surface area contributed by atoms with Crippen molar-refractivity contribution in [3.05, 3.63) is 76.3 Å². The third-order valence-electron chi connectivity index (χ3n) is 4.18. The maximum Gasteiger partial charge on any atom is 0.284 e. The number of carbonyl (C=O) groups is 1. The molecule has 0 saturated carbocycles. The third-order valence-corrected chi connectivity index (χ3v) is 4.18. The number of fused-ring (bicyclic) bond motifs is 1. The Morgan fingerprint density at radius 2 is 2.00 bits per heavy atom. The molecule has 0 spiro atoms. The molecule has 2 aromatic heterocycles. The average Bonchev–Trinajstić information content (AvgIpc) is 3.08. The minimum absolute atomic E-state index is 0.00384. The number of anilines is 1. The minimum Gasteiger partial charge on any atom is -0.325 e. The lowest BCUT2D eigenvalue weighted by atomic mass is 10.2. The summed E-state index contributed by atoms with van der Waals surface area (Å²) in [4.78, 5) is 29.0. The van der Waals surface area contributed by atoms with E-state index in [-0.39, 0.29) is 23.4 Å². The van der Waals surface area contributed by atoms with Crippen molar-refractivity contribution in [2.24, 2.45) is 0 Å². The van der Waals surface area contributed by atoms with Crippen LogP contribution in [-0.4, -0.2) is 30.5 Å². The topological polar surface area (TPSA) is 94.7 Å². The number of nitrogens with zero attached hydrogens (tertiary/aromatic N) is 5. The van der Waals surface area contributed by atoms with Gasteiger partial charge in [-0.2, -0.15) is 4.68 Å². The molecule has 4 rings (SSSR count). The zero-order valence-corrected chi connectivity index (χ0v) is 15.1. The summed E-state index contributed by atoms with van der Waals surface area (Å²) in [6, 6.07) is 10.1. The van der Waals surface area contributed by atoms with E-state index >= 15 is 0 Å². The summed E-state index contributed by atoms with van der Waals surface area (Å²) >= 11 is 0. The Hall–Kier alpha value is -3.95. The monoisotopic (exact) mass is 396 g/mol. The van der Waals surface area contributed by atoms with Crippen LogP contribution in [0, 0.1) is 18.6 Å². The van der Waals surface area contributed by atoms with Gasteiger partial charge < -0.3 is 5.32 Å². The van der Waals surface area contributed by atoms with E-state index in [9.17, 15) is 18.4 Å². The standard InChI is InChI=1S/C19H14F2N6O2/c1-11-3-2-4-13(7-11)23-16(28)9-26-10-22-18-17(19(26)29)24-25-27(18)15-6-5-12(20)8-14(15)21/h2-8,10H,9H2,1H3,(H,23,28). The Bertz CT molecular complexity index is 1300. The van der Waals surface area contributed by atoms with Crippen LogP contribution in [0.3, 0.4) is 0 Å². The van der Waals surface area contributed by atoms with E-state index in [0.29, 0.717) is 11.8 Å². The van der Waals surface area contributed by atoms with Crippen molar-refractivity contribution < 1.29 is 13.6 Å². The molecule has 0 saturated heterocycles. The Morgan fingerprint density at radius 1 is 1.17 bits per heavy atom. The fourth-order valence-electron chi connectivity index (χ4n) is 2.85. The minimum atomic E-state index is -0.875. The van der Waals surface area contributed by atoms with Gasteiger partial charge in [-0.25, -0.2) is 13.8 Å². The summed E-state index contributed by atoms with van der Waals surface area (Å²) in [5.41, 5.74) is 0.733. The van der Waals surface area contributed by atoms with Gasteiger partial charge in [0.2, 0.25) is 5.91 Å². The third kappa shape index (κ3) is 3.59. The molecule has 2 aromatic carbocycles. The number of hydrogen-bond donors (Lipinski definition) is 1. The van der Waals surface area contributed by atoms with Crippen LogP contribution >= 0.6 is 0 Å². The number of hydrogen-bond acceptors (Lipinski definition) is 5. The van der Waals surface area contributed by atoms with Crippen LogP contribution in [-0.2, 0) is 11.3 Å². The van der Waals surface area contributed by atoms with Crippen molar-refractivity contribution in [2.45, 2.75) is 13.5 Å². The largest absolute Gasteiger partial charge is 0.325 e. The number of aromatic nitrogens is 5. The lowest BCUT2D eigenvalue weighted by Crippen LogP contribution is -2.28. The lowest BCUT2D eigenvalue weighted by Gasteiger charge is -2.08. The van der Waals surface area contributed by atoms with E-state index in [0.717, 1.165) is 27.2 Å². The number of amides is 1. The van der Waals surface area contributed by atoms with Crippen LogP contribution < -0.4 is 10.9 Å². The molecular weight excluding hydrogens is 382 g/mol. The van der Waals surface area contributed by atoms with Gasteiger partial charge in [-0.3, -0.25) is 14.2 Å². The molecule has 0 aliphatic rings. The van der Waals surface area contributed by atoms with Crippen molar-refractivity contribution in [3.8, 4) is 5.69 Å². The van der Waals surface area contributed by atoms with E-state index in [1.807, 2.05) is 13.0 Å². The number of halogens is 2. The van der Waals surface area contributed by atoms with Gasteiger partial charge in [-0.1, -0.05) is 17.3 Å². The molecule has 4 aromatic rings. The second-order valence-electron chi connectivity index (χ2n) is 6.36. The molecule has 0 bridgehead atoms. The van der Waals surface area contributed by atoms with E-state index in [2.05, 4.69) is 20.6 Å². The predicted octanol–water partition coefficient (Wildman–Crippen LogP) is 2.20. The predicted molar refractivity (Wildman–Crippen MR) is 101 cm³/mol. The second kappa shape index (κ2) is 7.23. The highest BCUT2D eigenvalue weighted by Crippen LogP contribution is 2.16. The Labute approximate surface area is 162 Å². The molecule has 1 N–H and O–H groups in total. The molecule has 146 valence electrons. The number of aryl methyl sites for hydroxylation is 1. The second-order valence-corrected chi connectivity index (χ2v) is 6.36. The van der Waals surface area contributed by atoms with Crippen LogP contribution in [0.25, 0.3) is 16.9 Å². The molecule has 0 radical (unpaired) electrons. The smallest absolute Gasteiger partial charge is 0.284 e. The number of carbonyl (C=O) groups excluding carboxylic acids is 1. The van der Waals surface area contributed by atoms with Crippen LogP contribution in [0.15, 0.2) is 53.6 Å². The van der Waals surface area contributed by atoms with E-state index in [1.54, 1.807) is 18.2 Å². The molecule has 0 atom stereocenters. The Kier molecular flexibility index (Phi) is 4.59. The Balaban J connectivity index is 1.63. The highest BCUT2D eigenvalue weighted by Gasteiger charge is 2.17. The molecule has 10 heteroatoms. The molecule has 0 aliphatic carbocycles. The summed E-state index contributed by atoms with van der Waals surface area (Å²) in [7, 11) is 0. The van der Waals surface area contributed by atoms with Gasteiger partial charge in [0.15, 0.2) is 17.0 Å². The van der Waals surface area contributed by atoms with Crippen molar-refractivity contribution in [1.29, 1.82) is 0 Å². The molecule has 29 heavy (non-hydrogen) atoms. The molecule has 0 fully saturated rings. The lowest BCUT2D eigenvalue weighted by molar-refractivity contribution is -0.116. The summed E-state index contributed by atoms with van der Waals surface area (Å²) in [5, 5.41) is 10.2. The number of rotatable bonds is 4.